The number of rotatable bonds is 6. The van der Waals surface area contributed by atoms with Gasteiger partial charge in [0.15, 0.2) is 11.5 Å². The molecule has 2 aliphatic rings. The standard InChI is InChI=1S/C17H25N3O5S/c1-3-19(4-2)26(22,23)20-9-7-13(8-10-20)17(21)18-14-5-6-15-16(11-14)25-12-24-15/h5-6,11,13H,3-4,7-10,12H2,1-2H3,(H,18,21). The first-order valence-corrected chi connectivity index (χ1v) is 10.3. The largest absolute Gasteiger partial charge is 0.454 e. The Bertz CT molecular complexity index is 756. The number of anilines is 1. The van der Waals surface area contributed by atoms with Gasteiger partial charge in [0, 0.05) is 43.9 Å². The van der Waals surface area contributed by atoms with Crippen molar-refractivity contribution in [3.05, 3.63) is 18.2 Å². The number of nitrogens with zero attached hydrogens (tertiary/aromatic N) is 2. The predicted octanol–water partition coefficient (Wildman–Crippen LogP) is 1.65. The van der Waals surface area contributed by atoms with Gasteiger partial charge >= 0.3 is 0 Å². The molecule has 0 atom stereocenters. The van der Waals surface area contributed by atoms with Gasteiger partial charge in [-0.15, -0.1) is 0 Å². The van der Waals surface area contributed by atoms with E-state index < -0.39 is 10.2 Å². The molecule has 144 valence electrons. The lowest BCUT2D eigenvalue weighted by Crippen LogP contribution is -2.48. The molecule has 1 amide bonds. The van der Waals surface area contributed by atoms with E-state index in [2.05, 4.69) is 5.32 Å². The van der Waals surface area contributed by atoms with E-state index in [-0.39, 0.29) is 18.6 Å². The van der Waals surface area contributed by atoms with Gasteiger partial charge in [-0.1, -0.05) is 13.8 Å². The molecule has 0 unspecified atom stereocenters. The SMILES string of the molecule is CCN(CC)S(=O)(=O)N1CCC(C(=O)Nc2ccc3c(c2)OCO3)CC1. The van der Waals surface area contributed by atoms with Crippen molar-refractivity contribution < 1.29 is 22.7 Å². The zero-order valence-corrected chi connectivity index (χ0v) is 15.9. The summed E-state index contributed by atoms with van der Waals surface area (Å²) in [7, 11) is -3.43. The zero-order valence-electron chi connectivity index (χ0n) is 15.1. The third kappa shape index (κ3) is 3.79. The van der Waals surface area contributed by atoms with Crippen molar-refractivity contribution in [1.29, 1.82) is 0 Å². The number of benzene rings is 1. The highest BCUT2D eigenvalue weighted by atomic mass is 32.2. The molecule has 1 fully saturated rings. The fourth-order valence-electron chi connectivity index (χ4n) is 3.28. The number of carbonyl (C=O) groups excluding carboxylic acids is 1. The maximum Gasteiger partial charge on any atom is 0.281 e. The van der Waals surface area contributed by atoms with Gasteiger partial charge in [-0.25, -0.2) is 0 Å². The molecule has 2 aliphatic heterocycles. The molecule has 0 bridgehead atoms. The molecular weight excluding hydrogens is 358 g/mol. The van der Waals surface area contributed by atoms with Crippen molar-refractivity contribution in [2.24, 2.45) is 5.92 Å². The van der Waals surface area contributed by atoms with E-state index >= 15 is 0 Å². The van der Waals surface area contributed by atoms with E-state index in [9.17, 15) is 13.2 Å². The van der Waals surface area contributed by atoms with Crippen LogP contribution in [0, 0.1) is 5.92 Å². The molecule has 8 nitrogen and oxygen atoms in total. The van der Waals surface area contributed by atoms with Crippen LogP contribution >= 0.6 is 0 Å². The second-order valence-corrected chi connectivity index (χ2v) is 8.25. The summed E-state index contributed by atoms with van der Waals surface area (Å²) in [4.78, 5) is 12.5. The maximum absolute atomic E-state index is 12.5. The molecule has 0 radical (unpaired) electrons. The van der Waals surface area contributed by atoms with E-state index in [0.717, 1.165) is 0 Å². The molecular formula is C17H25N3O5S. The van der Waals surface area contributed by atoms with E-state index in [1.165, 1.54) is 8.61 Å². The first-order valence-electron chi connectivity index (χ1n) is 8.91. The maximum atomic E-state index is 12.5. The van der Waals surface area contributed by atoms with Gasteiger partial charge < -0.3 is 14.8 Å². The fourth-order valence-corrected chi connectivity index (χ4v) is 4.93. The van der Waals surface area contributed by atoms with Crippen LogP contribution in [0.25, 0.3) is 0 Å². The van der Waals surface area contributed by atoms with Crippen molar-refractivity contribution in [3.63, 3.8) is 0 Å². The van der Waals surface area contributed by atoms with Crippen LogP contribution in [0.5, 0.6) is 11.5 Å². The van der Waals surface area contributed by atoms with Crippen LogP contribution in [-0.4, -0.2) is 55.9 Å². The van der Waals surface area contributed by atoms with Crippen LogP contribution < -0.4 is 14.8 Å². The highest BCUT2D eigenvalue weighted by molar-refractivity contribution is 7.86. The number of hydrogen-bond acceptors (Lipinski definition) is 5. The fraction of sp³-hybridized carbons (Fsp3) is 0.588. The van der Waals surface area contributed by atoms with Crippen molar-refractivity contribution in [2.75, 3.05) is 38.3 Å². The molecule has 3 rings (SSSR count). The molecule has 0 aliphatic carbocycles. The third-order valence-corrected chi connectivity index (χ3v) is 7.01. The van der Waals surface area contributed by atoms with Gasteiger partial charge in [-0.05, 0) is 25.0 Å². The lowest BCUT2D eigenvalue weighted by molar-refractivity contribution is -0.120. The molecule has 26 heavy (non-hydrogen) atoms. The van der Waals surface area contributed by atoms with Crippen molar-refractivity contribution in [1.82, 2.24) is 8.61 Å². The molecule has 1 saturated heterocycles. The summed E-state index contributed by atoms with van der Waals surface area (Å²) in [5.41, 5.74) is 0.650. The van der Waals surface area contributed by atoms with Crippen molar-refractivity contribution in [2.45, 2.75) is 26.7 Å². The molecule has 0 saturated carbocycles. The van der Waals surface area contributed by atoms with E-state index in [1.807, 2.05) is 13.8 Å². The number of ether oxygens (including phenoxy) is 2. The zero-order chi connectivity index (χ0) is 18.7. The minimum Gasteiger partial charge on any atom is -0.454 e. The number of fused-ring (bicyclic) bond motifs is 1. The van der Waals surface area contributed by atoms with Crippen LogP contribution in [0.3, 0.4) is 0 Å². The monoisotopic (exact) mass is 383 g/mol. The summed E-state index contributed by atoms with van der Waals surface area (Å²) in [6.07, 6.45) is 1.02. The third-order valence-electron chi connectivity index (χ3n) is 4.82. The average Bonchev–Trinajstić information content (AvgIpc) is 3.10. The average molecular weight is 383 g/mol. The number of piperidine rings is 1. The molecule has 1 N–H and O–H groups in total. The molecule has 0 spiro atoms. The first kappa shape index (κ1) is 18.9. The number of amides is 1. The second-order valence-electron chi connectivity index (χ2n) is 6.32. The summed E-state index contributed by atoms with van der Waals surface area (Å²) in [5.74, 6) is 0.980. The normalized spacial score (nSPS) is 18.3. The van der Waals surface area contributed by atoms with Crippen LogP contribution in [0.4, 0.5) is 5.69 Å². The summed E-state index contributed by atoms with van der Waals surface area (Å²) >= 11 is 0. The first-order chi connectivity index (χ1) is 12.5. The smallest absolute Gasteiger partial charge is 0.281 e. The van der Waals surface area contributed by atoms with E-state index in [4.69, 9.17) is 9.47 Å². The molecule has 1 aromatic carbocycles. The Hall–Kier alpha value is -1.84. The number of hydrogen-bond donors (Lipinski definition) is 1. The Morgan fingerprint density at radius 3 is 2.50 bits per heavy atom. The van der Waals surface area contributed by atoms with E-state index in [1.54, 1.807) is 18.2 Å². The Balaban J connectivity index is 1.57. The van der Waals surface area contributed by atoms with Gasteiger partial charge in [0.05, 0.1) is 0 Å². The van der Waals surface area contributed by atoms with E-state index in [0.29, 0.717) is 56.2 Å². The number of carbonyl (C=O) groups is 1. The van der Waals surface area contributed by atoms with Gasteiger partial charge in [0.1, 0.15) is 0 Å². The lowest BCUT2D eigenvalue weighted by Gasteiger charge is -2.33. The Morgan fingerprint density at radius 1 is 1.19 bits per heavy atom. The summed E-state index contributed by atoms with van der Waals surface area (Å²) in [6.45, 7) is 5.45. The predicted molar refractivity (Wildman–Crippen MR) is 97.3 cm³/mol. The van der Waals surface area contributed by atoms with Crippen LogP contribution in [-0.2, 0) is 15.0 Å². The topological polar surface area (TPSA) is 88.2 Å². The minimum atomic E-state index is -3.43. The van der Waals surface area contributed by atoms with Crippen LogP contribution in [0.2, 0.25) is 0 Å². The Morgan fingerprint density at radius 2 is 1.85 bits per heavy atom. The van der Waals surface area contributed by atoms with Crippen molar-refractivity contribution >= 4 is 21.8 Å². The molecule has 9 heteroatoms. The van der Waals surface area contributed by atoms with Gasteiger partial charge in [0.25, 0.3) is 10.2 Å². The highest BCUT2D eigenvalue weighted by Crippen LogP contribution is 2.34. The van der Waals surface area contributed by atoms with Gasteiger partial charge in [-0.2, -0.15) is 17.0 Å². The molecule has 1 aromatic rings. The van der Waals surface area contributed by atoms with Crippen LogP contribution in [0.1, 0.15) is 26.7 Å². The second kappa shape index (κ2) is 7.81. The summed E-state index contributed by atoms with van der Waals surface area (Å²) in [5, 5.41) is 2.89. The van der Waals surface area contributed by atoms with Crippen molar-refractivity contribution in [3.8, 4) is 11.5 Å². The minimum absolute atomic E-state index is 0.0937. The van der Waals surface area contributed by atoms with Gasteiger partial charge in [-0.3, -0.25) is 4.79 Å². The lowest BCUT2D eigenvalue weighted by atomic mass is 9.97. The Kier molecular flexibility index (Phi) is 5.69. The molecule has 0 aromatic heterocycles. The Labute approximate surface area is 154 Å². The number of nitrogens with one attached hydrogen (secondary N) is 1. The van der Waals surface area contributed by atoms with Crippen LogP contribution in [0.15, 0.2) is 18.2 Å². The van der Waals surface area contributed by atoms with Gasteiger partial charge in [0.2, 0.25) is 12.7 Å². The quantitative estimate of drug-likeness (QED) is 0.807. The molecule has 2 heterocycles. The highest BCUT2D eigenvalue weighted by Gasteiger charge is 2.33. The summed E-state index contributed by atoms with van der Waals surface area (Å²) in [6, 6.07) is 5.27. The summed E-state index contributed by atoms with van der Waals surface area (Å²) < 4.78 is 38.6.